The molecule has 3 aromatic carbocycles. The number of aromatic nitrogens is 2. The van der Waals surface area contributed by atoms with Gasteiger partial charge in [0.1, 0.15) is 0 Å². The van der Waals surface area contributed by atoms with E-state index in [0.29, 0.717) is 32.6 Å². The first-order chi connectivity index (χ1) is 16.0. The molecular formula is C28H29N3O2. The summed E-state index contributed by atoms with van der Waals surface area (Å²) >= 11 is 0. The van der Waals surface area contributed by atoms with Gasteiger partial charge in [0.15, 0.2) is 10.9 Å². The lowest BCUT2D eigenvalue weighted by molar-refractivity contribution is 0.745. The third-order valence-electron chi connectivity index (χ3n) is 6.52. The topological polar surface area (TPSA) is 69.0 Å². The molecule has 168 valence electrons. The molecule has 0 fully saturated rings. The lowest BCUT2D eigenvalue weighted by Gasteiger charge is -2.24. The highest BCUT2D eigenvalue weighted by Crippen LogP contribution is 2.25. The Bertz CT molecular complexity index is 1620. The number of fused-ring (bicyclic) bond motifs is 4. The Labute approximate surface area is 192 Å². The standard InChI is InChI=1S/C28H29N3O2/c1-4-11-31(12-5-2)18-8-10-24-20(14-18)28(33)22-16-25-21(15-26(22)30-24)27(32)19-13-17(6-3)7-9-23(19)29-25/h7-10,13-16H,4-6,11-12H2,1-3H3,(H,29,32)(H,30,33). The predicted octanol–water partition coefficient (Wildman–Crippen LogP) is 5.86. The third-order valence-corrected chi connectivity index (χ3v) is 6.52. The van der Waals surface area contributed by atoms with Crippen molar-refractivity contribution in [2.24, 2.45) is 0 Å². The van der Waals surface area contributed by atoms with Crippen molar-refractivity contribution in [3.8, 4) is 0 Å². The van der Waals surface area contributed by atoms with Gasteiger partial charge >= 0.3 is 0 Å². The van der Waals surface area contributed by atoms with Crippen LogP contribution in [0, 0.1) is 0 Å². The van der Waals surface area contributed by atoms with Gasteiger partial charge in [0.25, 0.3) is 0 Å². The summed E-state index contributed by atoms with van der Waals surface area (Å²) < 4.78 is 0. The van der Waals surface area contributed by atoms with Gasteiger partial charge in [-0.05, 0) is 67.3 Å². The maximum atomic E-state index is 13.5. The molecule has 2 heterocycles. The fraction of sp³-hybridized carbons (Fsp3) is 0.286. The number of anilines is 1. The van der Waals surface area contributed by atoms with Crippen molar-refractivity contribution in [1.29, 1.82) is 0 Å². The second-order valence-electron chi connectivity index (χ2n) is 8.80. The molecule has 0 saturated carbocycles. The second kappa shape index (κ2) is 8.39. The highest BCUT2D eigenvalue weighted by molar-refractivity contribution is 6.03. The van der Waals surface area contributed by atoms with Crippen molar-refractivity contribution in [2.75, 3.05) is 18.0 Å². The summed E-state index contributed by atoms with van der Waals surface area (Å²) in [4.78, 5) is 35.9. The molecule has 0 spiro atoms. The van der Waals surface area contributed by atoms with Gasteiger partial charge in [-0.1, -0.05) is 26.8 Å². The third kappa shape index (κ3) is 3.58. The minimum atomic E-state index is -0.0160. The molecule has 0 atom stereocenters. The average molecular weight is 440 g/mol. The van der Waals surface area contributed by atoms with Gasteiger partial charge in [-0.3, -0.25) is 9.59 Å². The molecule has 2 N–H and O–H groups in total. The Morgan fingerprint density at radius 2 is 1.15 bits per heavy atom. The zero-order chi connectivity index (χ0) is 23.1. The molecule has 0 saturated heterocycles. The average Bonchev–Trinajstić information content (AvgIpc) is 2.83. The number of benzene rings is 3. The number of pyridine rings is 2. The molecule has 0 unspecified atom stereocenters. The van der Waals surface area contributed by atoms with Gasteiger partial charge in [0.05, 0.1) is 11.0 Å². The molecule has 0 radical (unpaired) electrons. The van der Waals surface area contributed by atoms with Crippen molar-refractivity contribution in [3.63, 3.8) is 0 Å². The summed E-state index contributed by atoms with van der Waals surface area (Å²) in [5.41, 5.74) is 5.12. The molecular weight excluding hydrogens is 410 g/mol. The van der Waals surface area contributed by atoms with Gasteiger partial charge in [0.2, 0.25) is 0 Å². The van der Waals surface area contributed by atoms with Gasteiger partial charge < -0.3 is 14.9 Å². The number of nitrogens with zero attached hydrogens (tertiary/aromatic N) is 1. The van der Waals surface area contributed by atoms with Crippen LogP contribution in [0.2, 0.25) is 0 Å². The zero-order valence-electron chi connectivity index (χ0n) is 19.4. The first-order valence-electron chi connectivity index (χ1n) is 11.9. The van der Waals surface area contributed by atoms with E-state index in [1.54, 1.807) is 0 Å². The Kier molecular flexibility index (Phi) is 5.41. The van der Waals surface area contributed by atoms with E-state index >= 15 is 0 Å². The Balaban J connectivity index is 1.76. The maximum Gasteiger partial charge on any atom is 0.197 e. The highest BCUT2D eigenvalue weighted by atomic mass is 16.1. The maximum absolute atomic E-state index is 13.5. The van der Waals surface area contributed by atoms with E-state index in [1.165, 1.54) is 0 Å². The molecule has 33 heavy (non-hydrogen) atoms. The van der Waals surface area contributed by atoms with Gasteiger partial charge in [-0.15, -0.1) is 0 Å². The number of hydrogen-bond acceptors (Lipinski definition) is 3. The van der Waals surface area contributed by atoms with E-state index < -0.39 is 0 Å². The van der Waals surface area contributed by atoms with Crippen LogP contribution in [0.4, 0.5) is 5.69 Å². The molecule has 0 aliphatic rings. The van der Waals surface area contributed by atoms with Crippen molar-refractivity contribution in [1.82, 2.24) is 9.97 Å². The summed E-state index contributed by atoms with van der Waals surface area (Å²) in [6, 6.07) is 15.6. The molecule has 0 aliphatic carbocycles. The minimum Gasteiger partial charge on any atom is -0.372 e. The fourth-order valence-corrected chi connectivity index (χ4v) is 4.81. The van der Waals surface area contributed by atoms with Crippen molar-refractivity contribution < 1.29 is 0 Å². The van der Waals surface area contributed by atoms with E-state index in [-0.39, 0.29) is 10.9 Å². The van der Waals surface area contributed by atoms with Crippen LogP contribution >= 0.6 is 0 Å². The smallest absolute Gasteiger partial charge is 0.197 e. The number of nitrogens with one attached hydrogen (secondary N) is 2. The number of H-pyrrole nitrogens is 2. The number of rotatable bonds is 6. The Morgan fingerprint density at radius 1 is 0.636 bits per heavy atom. The normalized spacial score (nSPS) is 11.7. The molecule has 0 aliphatic heterocycles. The number of aromatic amines is 2. The van der Waals surface area contributed by atoms with Gasteiger partial charge in [-0.2, -0.15) is 0 Å². The van der Waals surface area contributed by atoms with Crippen LogP contribution in [0.15, 0.2) is 58.1 Å². The van der Waals surface area contributed by atoms with Crippen LogP contribution in [0.25, 0.3) is 43.6 Å². The zero-order valence-corrected chi connectivity index (χ0v) is 19.4. The highest BCUT2D eigenvalue weighted by Gasteiger charge is 2.13. The van der Waals surface area contributed by atoms with E-state index in [1.807, 2.05) is 42.5 Å². The largest absolute Gasteiger partial charge is 0.372 e. The van der Waals surface area contributed by atoms with Gasteiger partial charge in [-0.25, -0.2) is 0 Å². The summed E-state index contributed by atoms with van der Waals surface area (Å²) in [7, 11) is 0. The van der Waals surface area contributed by atoms with Crippen LogP contribution < -0.4 is 15.8 Å². The van der Waals surface area contributed by atoms with Crippen LogP contribution in [0.5, 0.6) is 0 Å². The molecule has 5 aromatic rings. The quantitative estimate of drug-likeness (QED) is 0.325. The van der Waals surface area contributed by atoms with E-state index in [0.717, 1.165) is 54.6 Å². The molecule has 0 amide bonds. The van der Waals surface area contributed by atoms with E-state index in [2.05, 4.69) is 41.7 Å². The lowest BCUT2D eigenvalue weighted by Crippen LogP contribution is -2.25. The minimum absolute atomic E-state index is 0.0120. The van der Waals surface area contributed by atoms with E-state index in [4.69, 9.17) is 0 Å². The second-order valence-corrected chi connectivity index (χ2v) is 8.80. The fourth-order valence-electron chi connectivity index (χ4n) is 4.81. The number of hydrogen-bond donors (Lipinski definition) is 2. The first-order valence-corrected chi connectivity index (χ1v) is 11.9. The molecule has 0 bridgehead atoms. The molecule has 2 aromatic heterocycles. The van der Waals surface area contributed by atoms with Crippen molar-refractivity contribution in [2.45, 2.75) is 40.0 Å². The molecule has 5 heteroatoms. The van der Waals surface area contributed by atoms with Crippen LogP contribution in [0.3, 0.4) is 0 Å². The Morgan fingerprint density at radius 3 is 1.70 bits per heavy atom. The first kappa shape index (κ1) is 21.3. The van der Waals surface area contributed by atoms with Crippen molar-refractivity contribution in [3.05, 3.63) is 74.5 Å². The number of aryl methyl sites for hydroxylation is 1. The summed E-state index contributed by atoms with van der Waals surface area (Å²) in [5, 5.41) is 2.53. The van der Waals surface area contributed by atoms with Crippen LogP contribution in [-0.2, 0) is 6.42 Å². The van der Waals surface area contributed by atoms with Gasteiger partial charge in [0, 0.05) is 51.4 Å². The summed E-state index contributed by atoms with van der Waals surface area (Å²) in [6.45, 7) is 8.34. The molecule has 5 rings (SSSR count). The van der Waals surface area contributed by atoms with Crippen molar-refractivity contribution >= 4 is 49.3 Å². The van der Waals surface area contributed by atoms with Crippen LogP contribution in [-0.4, -0.2) is 23.1 Å². The summed E-state index contributed by atoms with van der Waals surface area (Å²) in [6.07, 6.45) is 2.98. The Hall–Kier alpha value is -3.60. The van der Waals surface area contributed by atoms with E-state index in [9.17, 15) is 9.59 Å². The monoisotopic (exact) mass is 439 g/mol. The summed E-state index contributed by atoms with van der Waals surface area (Å²) in [5.74, 6) is 0. The van der Waals surface area contributed by atoms with Crippen LogP contribution in [0.1, 0.15) is 39.2 Å². The molecule has 5 nitrogen and oxygen atoms in total. The SMILES string of the molecule is CCCN(CCC)c1ccc2[nH]c3cc4c(=O)c5cc(CC)ccc5[nH]c4cc3c(=O)c2c1. The lowest BCUT2D eigenvalue weighted by atomic mass is 10.0. The predicted molar refractivity (Wildman–Crippen MR) is 140 cm³/mol.